The predicted octanol–water partition coefficient (Wildman–Crippen LogP) is 4.79. The molecule has 0 spiro atoms. The average Bonchev–Trinajstić information content (AvgIpc) is 2.85. The largest absolute Gasteiger partial charge is 0.448 e. The zero-order valence-corrected chi connectivity index (χ0v) is 18.4. The lowest BCUT2D eigenvalue weighted by atomic mass is 9.96. The highest BCUT2D eigenvalue weighted by Gasteiger charge is 2.33. The van der Waals surface area contributed by atoms with E-state index >= 15 is 0 Å². The maximum atomic E-state index is 13.1. The first-order valence-corrected chi connectivity index (χ1v) is 11.0. The highest BCUT2D eigenvalue weighted by molar-refractivity contribution is 5.95. The molecule has 0 saturated carbocycles. The Labute approximate surface area is 196 Å². The number of amidine groups is 1. The Hall–Kier alpha value is -3.65. The number of nitrogens with two attached hydrogens (primary N) is 1. The first-order chi connectivity index (χ1) is 16.3. The van der Waals surface area contributed by atoms with Gasteiger partial charge in [0.25, 0.3) is 5.91 Å². The summed E-state index contributed by atoms with van der Waals surface area (Å²) in [5.41, 5.74) is 7.66. The van der Waals surface area contributed by atoms with Crippen LogP contribution in [-0.2, 0) is 0 Å². The summed E-state index contributed by atoms with van der Waals surface area (Å²) < 4.78 is 38.1. The first kappa shape index (κ1) is 23.5. The lowest BCUT2D eigenvalue weighted by molar-refractivity contribution is -0.0597. The van der Waals surface area contributed by atoms with E-state index in [2.05, 4.69) is 34.2 Å². The maximum absolute atomic E-state index is 13.1. The molecule has 3 aromatic rings. The van der Waals surface area contributed by atoms with E-state index in [0.29, 0.717) is 26.2 Å². The number of alkyl halides is 3. The molecular formula is C26H25F3N4O. The van der Waals surface area contributed by atoms with Crippen molar-refractivity contribution in [2.45, 2.75) is 12.2 Å². The van der Waals surface area contributed by atoms with E-state index in [1.54, 1.807) is 11.0 Å². The minimum atomic E-state index is -4.72. The van der Waals surface area contributed by atoms with Gasteiger partial charge < -0.3 is 10.6 Å². The molecule has 1 saturated heterocycles. The van der Waals surface area contributed by atoms with Gasteiger partial charge in [-0.2, -0.15) is 13.2 Å². The van der Waals surface area contributed by atoms with Gasteiger partial charge in [-0.05, 0) is 29.3 Å². The minimum absolute atomic E-state index is 0.00692. The summed E-state index contributed by atoms with van der Waals surface area (Å²) in [5, 5.41) is 0. The number of hydrogen-bond acceptors (Lipinski definition) is 3. The Bertz CT molecular complexity index is 1100. The third kappa shape index (κ3) is 5.46. The molecule has 8 heteroatoms. The number of piperazine rings is 1. The number of carbonyl (C=O) groups is 1. The van der Waals surface area contributed by atoms with E-state index in [1.165, 1.54) is 29.3 Å². The van der Waals surface area contributed by atoms with Crippen molar-refractivity contribution in [3.63, 3.8) is 0 Å². The number of halogens is 3. The molecule has 2 N–H and O–H groups in total. The summed E-state index contributed by atoms with van der Waals surface area (Å²) in [7, 11) is 0. The Morgan fingerprint density at radius 1 is 0.824 bits per heavy atom. The lowest BCUT2D eigenvalue weighted by Gasteiger charge is -2.39. The fraction of sp³-hybridized carbons (Fsp3) is 0.231. The van der Waals surface area contributed by atoms with Crippen molar-refractivity contribution < 1.29 is 18.0 Å². The molecule has 0 atom stereocenters. The Kier molecular flexibility index (Phi) is 6.98. The van der Waals surface area contributed by atoms with Crippen molar-refractivity contribution in [2.24, 2.45) is 10.7 Å². The third-order valence-electron chi connectivity index (χ3n) is 5.83. The van der Waals surface area contributed by atoms with Crippen molar-refractivity contribution in [1.29, 1.82) is 0 Å². The Morgan fingerprint density at radius 2 is 1.38 bits per heavy atom. The topological polar surface area (TPSA) is 61.9 Å². The van der Waals surface area contributed by atoms with Crippen LogP contribution in [0.25, 0.3) is 0 Å². The van der Waals surface area contributed by atoms with Gasteiger partial charge in [0.15, 0.2) is 0 Å². The number of rotatable bonds is 5. The summed E-state index contributed by atoms with van der Waals surface area (Å²) in [5.74, 6) is -1.68. The van der Waals surface area contributed by atoms with Crippen LogP contribution in [0.2, 0.25) is 0 Å². The third-order valence-corrected chi connectivity index (χ3v) is 5.83. The Balaban J connectivity index is 1.48. The summed E-state index contributed by atoms with van der Waals surface area (Å²) >= 11 is 0. The fourth-order valence-corrected chi connectivity index (χ4v) is 4.16. The normalized spacial score (nSPS) is 15.5. The molecule has 1 fully saturated rings. The maximum Gasteiger partial charge on any atom is 0.448 e. The standard InChI is InChI=1S/C26H25F3N4O/c27-26(28,29)25(30)31-22-13-7-12-21(18-22)24(34)33-16-14-32(15-17-33)23(19-8-3-1-4-9-19)20-10-5-2-6-11-20/h1-13,18,23H,14-17H2,(H2,30,31). The van der Waals surface area contributed by atoms with Gasteiger partial charge in [0.1, 0.15) is 0 Å². The molecule has 1 aliphatic rings. The minimum Gasteiger partial charge on any atom is -0.380 e. The van der Waals surface area contributed by atoms with E-state index in [4.69, 9.17) is 5.73 Å². The molecule has 3 aromatic carbocycles. The van der Waals surface area contributed by atoms with E-state index in [-0.39, 0.29) is 23.2 Å². The number of carbonyl (C=O) groups excluding carboxylic acids is 1. The van der Waals surface area contributed by atoms with Crippen LogP contribution in [-0.4, -0.2) is 53.9 Å². The summed E-state index contributed by atoms with van der Waals surface area (Å²) in [6, 6.07) is 26.4. The Morgan fingerprint density at radius 3 is 1.91 bits per heavy atom. The molecule has 1 heterocycles. The van der Waals surface area contributed by atoms with Crippen LogP contribution in [0.15, 0.2) is 89.9 Å². The van der Waals surface area contributed by atoms with Crippen molar-refractivity contribution in [2.75, 3.05) is 26.2 Å². The van der Waals surface area contributed by atoms with Gasteiger partial charge in [0.2, 0.25) is 5.84 Å². The summed E-state index contributed by atoms with van der Waals surface area (Å²) in [4.78, 5) is 20.5. The van der Waals surface area contributed by atoms with Gasteiger partial charge >= 0.3 is 6.18 Å². The smallest absolute Gasteiger partial charge is 0.380 e. The van der Waals surface area contributed by atoms with Crippen LogP contribution in [0.5, 0.6) is 0 Å². The molecule has 34 heavy (non-hydrogen) atoms. The molecule has 1 aliphatic heterocycles. The molecule has 0 radical (unpaired) electrons. The molecular weight excluding hydrogens is 441 g/mol. The summed E-state index contributed by atoms with van der Waals surface area (Å²) in [6.45, 7) is 2.35. The molecule has 0 aliphatic carbocycles. The second-order valence-electron chi connectivity index (χ2n) is 8.10. The van der Waals surface area contributed by atoms with E-state index in [0.717, 1.165) is 0 Å². The SMILES string of the molecule is NC(=Nc1cccc(C(=O)N2CCN(C(c3ccccc3)c3ccccc3)CC2)c1)C(F)(F)F. The number of aliphatic imine (C=N–C) groups is 1. The number of benzene rings is 3. The van der Waals surface area contributed by atoms with E-state index < -0.39 is 12.0 Å². The number of amides is 1. The van der Waals surface area contributed by atoms with Crippen LogP contribution >= 0.6 is 0 Å². The second-order valence-corrected chi connectivity index (χ2v) is 8.10. The van der Waals surface area contributed by atoms with Gasteiger partial charge in [-0.25, -0.2) is 4.99 Å². The van der Waals surface area contributed by atoms with Gasteiger partial charge in [0, 0.05) is 31.7 Å². The van der Waals surface area contributed by atoms with Crippen molar-refractivity contribution in [1.82, 2.24) is 9.80 Å². The molecule has 0 unspecified atom stereocenters. The van der Waals surface area contributed by atoms with Crippen LogP contribution in [0.1, 0.15) is 27.5 Å². The molecule has 4 rings (SSSR count). The second kappa shape index (κ2) is 10.1. The van der Waals surface area contributed by atoms with Crippen molar-refractivity contribution in [3.8, 4) is 0 Å². The molecule has 0 aromatic heterocycles. The van der Waals surface area contributed by atoms with Gasteiger partial charge in [-0.15, -0.1) is 0 Å². The molecule has 176 valence electrons. The molecule has 1 amide bonds. The van der Waals surface area contributed by atoms with E-state index in [9.17, 15) is 18.0 Å². The number of hydrogen-bond donors (Lipinski definition) is 1. The lowest BCUT2D eigenvalue weighted by Crippen LogP contribution is -2.49. The highest BCUT2D eigenvalue weighted by atomic mass is 19.4. The van der Waals surface area contributed by atoms with Crippen LogP contribution < -0.4 is 5.73 Å². The first-order valence-electron chi connectivity index (χ1n) is 11.0. The van der Waals surface area contributed by atoms with Crippen LogP contribution in [0, 0.1) is 0 Å². The highest BCUT2D eigenvalue weighted by Crippen LogP contribution is 2.30. The van der Waals surface area contributed by atoms with Crippen LogP contribution in [0.4, 0.5) is 18.9 Å². The zero-order valence-electron chi connectivity index (χ0n) is 18.4. The molecule has 0 bridgehead atoms. The van der Waals surface area contributed by atoms with Gasteiger partial charge in [-0.3, -0.25) is 9.69 Å². The zero-order chi connectivity index (χ0) is 24.1. The van der Waals surface area contributed by atoms with Crippen molar-refractivity contribution in [3.05, 3.63) is 102 Å². The fourth-order valence-electron chi connectivity index (χ4n) is 4.16. The quantitative estimate of drug-likeness (QED) is 0.435. The van der Waals surface area contributed by atoms with Crippen molar-refractivity contribution >= 4 is 17.4 Å². The predicted molar refractivity (Wildman–Crippen MR) is 126 cm³/mol. The van der Waals surface area contributed by atoms with E-state index in [1.807, 2.05) is 36.4 Å². The number of nitrogens with zero attached hydrogens (tertiary/aromatic N) is 3. The van der Waals surface area contributed by atoms with Gasteiger partial charge in [-0.1, -0.05) is 66.7 Å². The monoisotopic (exact) mass is 466 g/mol. The van der Waals surface area contributed by atoms with Crippen LogP contribution in [0.3, 0.4) is 0 Å². The summed E-state index contributed by atoms with van der Waals surface area (Å²) in [6.07, 6.45) is -4.72. The van der Waals surface area contributed by atoms with Gasteiger partial charge in [0.05, 0.1) is 11.7 Å². The molecule has 5 nitrogen and oxygen atoms in total. The average molecular weight is 467 g/mol.